The summed E-state index contributed by atoms with van der Waals surface area (Å²) in [7, 11) is 0. The number of amides is 4. The van der Waals surface area contributed by atoms with Gasteiger partial charge in [-0.2, -0.15) is 4.99 Å². The molecule has 146 valence electrons. The van der Waals surface area contributed by atoms with Crippen molar-refractivity contribution in [3.8, 4) is 0 Å². The summed E-state index contributed by atoms with van der Waals surface area (Å²) < 4.78 is 0. The molecule has 0 radical (unpaired) electrons. The molecule has 3 rings (SSSR count). The number of nitrogens with one attached hydrogen (secondary N) is 1. The lowest BCUT2D eigenvalue weighted by Crippen LogP contribution is -2.46. The predicted molar refractivity (Wildman–Crippen MR) is 108 cm³/mol. The van der Waals surface area contributed by atoms with Crippen LogP contribution in [0.1, 0.15) is 24.8 Å². The van der Waals surface area contributed by atoms with Crippen molar-refractivity contribution in [2.45, 2.75) is 25.7 Å². The molecule has 0 saturated heterocycles. The molecule has 0 aromatic heterocycles. The molecule has 0 fully saturated rings. The zero-order chi connectivity index (χ0) is 19.9. The Kier molecular flexibility index (Phi) is 6.76. The van der Waals surface area contributed by atoms with Crippen LogP contribution in [-0.4, -0.2) is 41.5 Å². The Balaban J connectivity index is 1.37. The summed E-state index contributed by atoms with van der Waals surface area (Å²) in [6.07, 6.45) is 9.14. The van der Waals surface area contributed by atoms with Crippen LogP contribution in [0.5, 0.6) is 0 Å². The molecule has 4 amide bonds. The predicted octanol–water partition coefficient (Wildman–Crippen LogP) is 3.31. The number of urea groups is 1. The quantitative estimate of drug-likeness (QED) is 0.681. The summed E-state index contributed by atoms with van der Waals surface area (Å²) >= 11 is 6.09. The summed E-state index contributed by atoms with van der Waals surface area (Å²) in [5, 5.41) is 3.56. The lowest BCUT2D eigenvalue weighted by atomic mass is 9.95. The number of imide groups is 1. The maximum Gasteiger partial charge on any atom is 0.350 e. The van der Waals surface area contributed by atoms with Crippen LogP contribution in [0, 0.1) is 5.92 Å². The normalized spacial score (nSPS) is 18.1. The van der Waals surface area contributed by atoms with E-state index in [-0.39, 0.29) is 18.4 Å². The highest BCUT2D eigenvalue weighted by Gasteiger charge is 2.35. The van der Waals surface area contributed by atoms with E-state index in [1.165, 1.54) is 4.90 Å². The van der Waals surface area contributed by atoms with Crippen LogP contribution in [0.2, 0.25) is 5.02 Å². The highest BCUT2D eigenvalue weighted by Crippen LogP contribution is 2.20. The van der Waals surface area contributed by atoms with Gasteiger partial charge in [0.15, 0.2) is 0 Å². The summed E-state index contributed by atoms with van der Waals surface area (Å²) in [6.45, 7) is 0.792. The third kappa shape index (κ3) is 4.95. The number of hydrogen-bond acceptors (Lipinski definition) is 3. The number of carbonyl (C=O) groups is 3. The Morgan fingerprint density at radius 3 is 2.82 bits per heavy atom. The molecule has 1 N–H and O–H groups in total. The van der Waals surface area contributed by atoms with Crippen molar-refractivity contribution in [3.05, 3.63) is 59.2 Å². The van der Waals surface area contributed by atoms with Crippen LogP contribution in [-0.2, 0) is 16.0 Å². The number of unbranched alkanes of at least 4 members (excludes halogenated alkanes) is 1. The van der Waals surface area contributed by atoms with Crippen LogP contribution >= 0.6 is 11.6 Å². The number of halogens is 1. The zero-order valence-corrected chi connectivity index (χ0v) is 16.2. The molecule has 1 aromatic rings. The SMILES string of the molecule is O=C(CCCCN1C(=O)N=C2C=CC=CC2C1=O)NCCc1ccccc1Cl. The molecule has 1 unspecified atom stereocenters. The standard InChI is InChI=1S/C21H22ClN3O3/c22-17-9-3-1-7-15(17)12-13-23-19(26)11-5-6-14-25-20(27)16-8-2-4-10-18(16)24-21(25)28/h1-4,7-10,16H,5-6,11-14H2,(H,23,26). The van der Waals surface area contributed by atoms with Crippen LogP contribution in [0.15, 0.2) is 53.6 Å². The molecule has 2 aliphatic rings. The first-order valence-electron chi connectivity index (χ1n) is 9.35. The van der Waals surface area contributed by atoms with E-state index >= 15 is 0 Å². The molecule has 6 nitrogen and oxygen atoms in total. The number of fused-ring (bicyclic) bond motifs is 1. The molecule has 0 saturated carbocycles. The van der Waals surface area contributed by atoms with Gasteiger partial charge in [0.25, 0.3) is 0 Å². The Morgan fingerprint density at radius 2 is 2.00 bits per heavy atom. The largest absolute Gasteiger partial charge is 0.356 e. The molecule has 1 aliphatic carbocycles. The number of benzene rings is 1. The Bertz CT molecular complexity index is 860. The lowest BCUT2D eigenvalue weighted by molar-refractivity contribution is -0.129. The molecule has 1 atom stereocenters. The molecule has 28 heavy (non-hydrogen) atoms. The second kappa shape index (κ2) is 9.46. The van der Waals surface area contributed by atoms with Gasteiger partial charge in [-0.15, -0.1) is 0 Å². The van der Waals surface area contributed by atoms with Gasteiger partial charge in [0.1, 0.15) is 0 Å². The van der Waals surface area contributed by atoms with Gasteiger partial charge < -0.3 is 5.32 Å². The maximum atomic E-state index is 12.5. The minimum atomic E-state index is -0.527. The van der Waals surface area contributed by atoms with Crippen molar-refractivity contribution in [2.24, 2.45) is 10.9 Å². The Hall–Kier alpha value is -2.73. The van der Waals surface area contributed by atoms with Crippen molar-refractivity contribution in [3.63, 3.8) is 0 Å². The van der Waals surface area contributed by atoms with E-state index in [2.05, 4.69) is 10.3 Å². The van der Waals surface area contributed by atoms with E-state index in [0.717, 1.165) is 5.56 Å². The fourth-order valence-corrected chi connectivity index (χ4v) is 3.40. The molecule has 7 heteroatoms. The highest BCUT2D eigenvalue weighted by atomic mass is 35.5. The fraction of sp³-hybridized carbons (Fsp3) is 0.333. The van der Waals surface area contributed by atoms with Crippen molar-refractivity contribution in [2.75, 3.05) is 13.1 Å². The minimum Gasteiger partial charge on any atom is -0.356 e. The highest BCUT2D eigenvalue weighted by molar-refractivity contribution is 6.31. The first-order valence-corrected chi connectivity index (χ1v) is 9.73. The van der Waals surface area contributed by atoms with Gasteiger partial charge in [0.05, 0.1) is 11.6 Å². The molecule has 1 heterocycles. The first-order chi connectivity index (χ1) is 13.6. The molecule has 1 aromatic carbocycles. The van der Waals surface area contributed by atoms with Gasteiger partial charge in [-0.05, 0) is 37.0 Å². The minimum absolute atomic E-state index is 0.0518. The van der Waals surface area contributed by atoms with Crippen molar-refractivity contribution in [1.82, 2.24) is 10.2 Å². The van der Waals surface area contributed by atoms with Gasteiger partial charge in [-0.3, -0.25) is 14.5 Å². The smallest absolute Gasteiger partial charge is 0.350 e. The topological polar surface area (TPSA) is 78.8 Å². The second-order valence-corrected chi connectivity index (χ2v) is 7.09. The van der Waals surface area contributed by atoms with Gasteiger partial charge in [0.2, 0.25) is 11.8 Å². The molecule has 0 spiro atoms. The average molecular weight is 400 g/mol. The van der Waals surface area contributed by atoms with E-state index in [1.54, 1.807) is 24.3 Å². The van der Waals surface area contributed by atoms with E-state index in [1.807, 2.05) is 24.3 Å². The monoisotopic (exact) mass is 399 g/mol. The summed E-state index contributed by atoms with van der Waals surface area (Å²) in [6, 6.07) is 7.02. The lowest BCUT2D eigenvalue weighted by Gasteiger charge is -2.28. The first kappa shape index (κ1) is 20.0. The van der Waals surface area contributed by atoms with E-state index in [0.29, 0.717) is 43.0 Å². The van der Waals surface area contributed by atoms with Gasteiger partial charge in [0, 0.05) is 24.5 Å². The third-order valence-electron chi connectivity index (χ3n) is 4.70. The van der Waals surface area contributed by atoms with E-state index < -0.39 is 11.9 Å². The maximum absolute atomic E-state index is 12.5. The summed E-state index contributed by atoms with van der Waals surface area (Å²) in [5.41, 5.74) is 1.49. The number of allylic oxidation sites excluding steroid dienone is 3. The van der Waals surface area contributed by atoms with Crippen molar-refractivity contribution < 1.29 is 14.4 Å². The summed E-state index contributed by atoms with van der Waals surface area (Å²) in [4.78, 5) is 41.6. The second-order valence-electron chi connectivity index (χ2n) is 6.68. The Labute approximate surface area is 169 Å². The van der Waals surface area contributed by atoms with E-state index in [4.69, 9.17) is 11.6 Å². The Morgan fingerprint density at radius 1 is 1.18 bits per heavy atom. The van der Waals surface area contributed by atoms with Crippen molar-refractivity contribution >= 4 is 35.2 Å². The zero-order valence-electron chi connectivity index (χ0n) is 15.4. The number of nitrogens with zero attached hydrogens (tertiary/aromatic N) is 2. The number of rotatable bonds is 8. The molecular weight excluding hydrogens is 378 g/mol. The van der Waals surface area contributed by atoms with Crippen molar-refractivity contribution in [1.29, 1.82) is 0 Å². The average Bonchev–Trinajstić information content (AvgIpc) is 2.69. The fourth-order valence-electron chi connectivity index (χ4n) is 3.17. The van der Waals surface area contributed by atoms with Gasteiger partial charge >= 0.3 is 6.03 Å². The van der Waals surface area contributed by atoms with Gasteiger partial charge in [-0.25, -0.2) is 4.79 Å². The van der Waals surface area contributed by atoms with Crippen LogP contribution in [0.25, 0.3) is 0 Å². The molecule has 1 aliphatic heterocycles. The van der Waals surface area contributed by atoms with Crippen LogP contribution < -0.4 is 5.32 Å². The number of aliphatic imine (C=N–C) groups is 1. The van der Waals surface area contributed by atoms with Crippen LogP contribution in [0.4, 0.5) is 4.79 Å². The van der Waals surface area contributed by atoms with Crippen LogP contribution in [0.3, 0.4) is 0 Å². The van der Waals surface area contributed by atoms with E-state index in [9.17, 15) is 14.4 Å². The number of hydrogen-bond donors (Lipinski definition) is 1. The molecule has 0 bridgehead atoms. The number of carbonyl (C=O) groups excluding carboxylic acids is 3. The molecular formula is C21H22ClN3O3. The summed E-state index contributed by atoms with van der Waals surface area (Å²) in [5.74, 6) is -0.778. The van der Waals surface area contributed by atoms with Gasteiger partial charge in [-0.1, -0.05) is 48.0 Å². The third-order valence-corrected chi connectivity index (χ3v) is 5.07.